The Morgan fingerprint density at radius 1 is 1.26 bits per heavy atom. The van der Waals surface area contributed by atoms with Crippen LogP contribution in [0, 0.1) is 18.3 Å². The SMILES string of the molecule is Cc1cc(-c2c(C#N)cncc2C2CNCCN2)ccc1CNC(=O)c1cc(C(C)(C)C)on1. The molecule has 8 heteroatoms. The van der Waals surface area contributed by atoms with Crippen molar-refractivity contribution in [2.24, 2.45) is 0 Å². The monoisotopic (exact) mass is 458 g/mol. The molecular formula is C26H30N6O2. The maximum absolute atomic E-state index is 12.6. The normalized spacial score (nSPS) is 16.1. The van der Waals surface area contributed by atoms with Crippen LogP contribution in [0.1, 0.15) is 65.3 Å². The number of nitrogens with zero attached hydrogens (tertiary/aromatic N) is 3. The molecule has 34 heavy (non-hydrogen) atoms. The van der Waals surface area contributed by atoms with Crippen LogP contribution in [0.5, 0.6) is 0 Å². The van der Waals surface area contributed by atoms with Crippen LogP contribution in [-0.4, -0.2) is 35.7 Å². The van der Waals surface area contributed by atoms with Gasteiger partial charge in [-0.3, -0.25) is 9.78 Å². The average molecular weight is 459 g/mol. The highest BCUT2D eigenvalue weighted by atomic mass is 16.5. The van der Waals surface area contributed by atoms with Gasteiger partial charge in [0.25, 0.3) is 5.91 Å². The molecule has 0 aliphatic carbocycles. The third-order valence-electron chi connectivity index (χ3n) is 6.06. The summed E-state index contributed by atoms with van der Waals surface area (Å²) in [7, 11) is 0. The number of hydrogen-bond donors (Lipinski definition) is 3. The van der Waals surface area contributed by atoms with E-state index in [-0.39, 0.29) is 23.1 Å². The van der Waals surface area contributed by atoms with Gasteiger partial charge in [-0.2, -0.15) is 5.26 Å². The van der Waals surface area contributed by atoms with Gasteiger partial charge in [0.2, 0.25) is 0 Å². The molecule has 1 aliphatic heterocycles. The van der Waals surface area contributed by atoms with Crippen LogP contribution in [0.3, 0.4) is 0 Å². The third kappa shape index (κ3) is 5.01. The Bertz CT molecular complexity index is 1230. The summed E-state index contributed by atoms with van der Waals surface area (Å²) < 4.78 is 5.32. The third-order valence-corrected chi connectivity index (χ3v) is 6.06. The predicted octanol–water partition coefficient (Wildman–Crippen LogP) is 3.38. The Balaban J connectivity index is 1.54. The zero-order chi connectivity index (χ0) is 24.3. The van der Waals surface area contributed by atoms with E-state index in [1.165, 1.54) is 0 Å². The van der Waals surface area contributed by atoms with E-state index in [2.05, 4.69) is 38.2 Å². The number of carbonyl (C=O) groups excluding carboxylic acids is 1. The Hall–Kier alpha value is -3.54. The van der Waals surface area contributed by atoms with E-state index in [0.29, 0.717) is 17.9 Å². The van der Waals surface area contributed by atoms with E-state index in [1.807, 2.05) is 46.0 Å². The van der Waals surface area contributed by atoms with Gasteiger partial charge in [-0.1, -0.05) is 44.1 Å². The van der Waals surface area contributed by atoms with Crippen LogP contribution < -0.4 is 16.0 Å². The van der Waals surface area contributed by atoms with Gasteiger partial charge in [0.1, 0.15) is 11.8 Å². The summed E-state index contributed by atoms with van der Waals surface area (Å²) in [5, 5.41) is 23.5. The minimum Gasteiger partial charge on any atom is -0.360 e. The van der Waals surface area contributed by atoms with E-state index in [9.17, 15) is 10.1 Å². The molecule has 1 aliphatic rings. The zero-order valence-electron chi connectivity index (χ0n) is 20.0. The van der Waals surface area contributed by atoms with Crippen LogP contribution in [0.25, 0.3) is 11.1 Å². The number of carbonyl (C=O) groups is 1. The lowest BCUT2D eigenvalue weighted by Crippen LogP contribution is -2.42. The van der Waals surface area contributed by atoms with Gasteiger partial charge in [0, 0.05) is 61.7 Å². The van der Waals surface area contributed by atoms with Crippen LogP contribution in [0.2, 0.25) is 0 Å². The number of pyridine rings is 1. The average Bonchev–Trinajstić information content (AvgIpc) is 3.34. The highest BCUT2D eigenvalue weighted by Gasteiger charge is 2.23. The fourth-order valence-corrected chi connectivity index (χ4v) is 4.07. The van der Waals surface area contributed by atoms with Crippen molar-refractivity contribution in [2.75, 3.05) is 19.6 Å². The topological polar surface area (TPSA) is 116 Å². The molecule has 1 fully saturated rings. The second-order valence-corrected chi connectivity index (χ2v) is 9.62. The van der Waals surface area contributed by atoms with Gasteiger partial charge >= 0.3 is 0 Å². The first-order chi connectivity index (χ1) is 16.3. The van der Waals surface area contributed by atoms with Crippen molar-refractivity contribution in [3.05, 3.63) is 70.4 Å². The summed E-state index contributed by atoms with van der Waals surface area (Å²) in [6.07, 6.45) is 3.45. The smallest absolute Gasteiger partial charge is 0.273 e. The molecule has 0 spiro atoms. The molecule has 8 nitrogen and oxygen atoms in total. The maximum atomic E-state index is 12.6. The van der Waals surface area contributed by atoms with Crippen molar-refractivity contribution in [1.82, 2.24) is 26.1 Å². The van der Waals surface area contributed by atoms with E-state index in [1.54, 1.807) is 12.3 Å². The lowest BCUT2D eigenvalue weighted by atomic mass is 9.90. The van der Waals surface area contributed by atoms with Gasteiger partial charge < -0.3 is 20.5 Å². The van der Waals surface area contributed by atoms with Crippen molar-refractivity contribution in [3.63, 3.8) is 0 Å². The minimum absolute atomic E-state index is 0.0873. The highest BCUT2D eigenvalue weighted by Crippen LogP contribution is 2.32. The van der Waals surface area contributed by atoms with Gasteiger partial charge in [0.05, 0.1) is 5.56 Å². The summed E-state index contributed by atoms with van der Waals surface area (Å²) in [6, 6.07) is 10.1. The summed E-state index contributed by atoms with van der Waals surface area (Å²) in [6.45, 7) is 11.0. The van der Waals surface area contributed by atoms with Crippen molar-refractivity contribution in [2.45, 2.75) is 45.7 Å². The number of rotatable bonds is 5. The second kappa shape index (κ2) is 9.75. The lowest BCUT2D eigenvalue weighted by molar-refractivity contribution is 0.0941. The molecule has 4 rings (SSSR count). The molecule has 1 amide bonds. The highest BCUT2D eigenvalue weighted by molar-refractivity contribution is 5.92. The number of aromatic nitrogens is 2. The number of amides is 1. The molecule has 3 heterocycles. The van der Waals surface area contributed by atoms with E-state index in [4.69, 9.17) is 4.52 Å². The fourth-order valence-electron chi connectivity index (χ4n) is 4.07. The molecule has 1 unspecified atom stereocenters. The number of nitriles is 1. The molecule has 1 atom stereocenters. The van der Waals surface area contributed by atoms with Gasteiger partial charge in [-0.15, -0.1) is 0 Å². The van der Waals surface area contributed by atoms with Crippen LogP contribution in [0.15, 0.2) is 41.2 Å². The number of benzene rings is 1. The number of nitrogens with one attached hydrogen (secondary N) is 3. The van der Waals surface area contributed by atoms with Gasteiger partial charge in [0.15, 0.2) is 5.69 Å². The Morgan fingerprint density at radius 2 is 2.09 bits per heavy atom. The van der Waals surface area contributed by atoms with Crippen LogP contribution in [0.4, 0.5) is 0 Å². The molecule has 176 valence electrons. The van der Waals surface area contributed by atoms with Crippen molar-refractivity contribution in [1.29, 1.82) is 5.26 Å². The van der Waals surface area contributed by atoms with Gasteiger partial charge in [-0.25, -0.2) is 0 Å². The number of piperazine rings is 1. The first-order valence-electron chi connectivity index (χ1n) is 11.5. The summed E-state index contributed by atoms with van der Waals surface area (Å²) in [5.41, 5.74) is 5.48. The molecule has 1 aromatic carbocycles. The Morgan fingerprint density at radius 3 is 2.74 bits per heavy atom. The molecular weight excluding hydrogens is 428 g/mol. The zero-order valence-corrected chi connectivity index (χ0v) is 20.0. The molecule has 3 aromatic rings. The number of aryl methyl sites for hydroxylation is 1. The Labute approximate surface area is 199 Å². The summed E-state index contributed by atoms with van der Waals surface area (Å²) >= 11 is 0. The van der Waals surface area contributed by atoms with Crippen molar-refractivity contribution in [3.8, 4) is 17.2 Å². The molecule has 1 saturated heterocycles. The van der Waals surface area contributed by atoms with Crippen molar-refractivity contribution < 1.29 is 9.32 Å². The van der Waals surface area contributed by atoms with Gasteiger partial charge in [-0.05, 0) is 29.2 Å². The van der Waals surface area contributed by atoms with Crippen molar-refractivity contribution >= 4 is 5.91 Å². The van der Waals surface area contributed by atoms with E-state index in [0.717, 1.165) is 47.5 Å². The standard InChI is InChI=1S/C26H30N6O2/c1-16-9-17(24-19(11-27)12-29-14-20(24)22-15-28-7-8-30-22)5-6-18(16)13-31-25(33)21-10-23(34-32-21)26(2,3)4/h5-6,9-10,12,14,22,28,30H,7-8,13,15H2,1-4H3,(H,31,33). The molecule has 0 bridgehead atoms. The summed E-state index contributed by atoms with van der Waals surface area (Å²) in [5.74, 6) is 0.393. The fraction of sp³-hybridized carbons (Fsp3) is 0.385. The minimum atomic E-state index is -0.276. The van der Waals surface area contributed by atoms with E-state index >= 15 is 0 Å². The lowest BCUT2D eigenvalue weighted by Gasteiger charge is -2.27. The Kier molecular flexibility index (Phi) is 6.77. The molecule has 2 aromatic heterocycles. The number of hydrogen-bond acceptors (Lipinski definition) is 7. The molecule has 0 saturated carbocycles. The second-order valence-electron chi connectivity index (χ2n) is 9.62. The molecule has 3 N–H and O–H groups in total. The van der Waals surface area contributed by atoms with Crippen LogP contribution in [-0.2, 0) is 12.0 Å². The first kappa shape index (κ1) is 23.6. The van der Waals surface area contributed by atoms with E-state index < -0.39 is 0 Å². The quantitative estimate of drug-likeness (QED) is 0.537. The first-order valence-corrected chi connectivity index (χ1v) is 11.5. The summed E-state index contributed by atoms with van der Waals surface area (Å²) in [4.78, 5) is 16.9. The van der Waals surface area contributed by atoms with Crippen LogP contribution >= 0.6 is 0 Å². The predicted molar refractivity (Wildman–Crippen MR) is 129 cm³/mol. The maximum Gasteiger partial charge on any atom is 0.273 e. The largest absolute Gasteiger partial charge is 0.360 e. The molecule has 0 radical (unpaired) electrons.